The molecule has 0 saturated carbocycles. The first-order valence-corrected chi connectivity index (χ1v) is 10.9. The van der Waals surface area contributed by atoms with Crippen LogP contribution >= 0.6 is 0 Å². The predicted octanol–water partition coefficient (Wildman–Crippen LogP) is -0.467. The summed E-state index contributed by atoms with van der Waals surface area (Å²) in [6, 6.07) is 7.69. The average molecular weight is 416 g/mol. The molecule has 7 N–H and O–H groups in total. The molecular formula is C21H33N7O2. The zero-order valence-electron chi connectivity index (χ0n) is 17.7. The molecule has 4 saturated heterocycles. The largest absolute Gasteiger partial charge is 0.399 e. The van der Waals surface area contributed by atoms with Gasteiger partial charge in [-0.2, -0.15) is 0 Å². The molecule has 1 aromatic rings. The number of piperidine rings is 1. The third-order valence-electron chi connectivity index (χ3n) is 7.70. The molecule has 6 atom stereocenters. The van der Waals surface area contributed by atoms with Crippen LogP contribution in [0.3, 0.4) is 0 Å². The molecule has 4 aliphatic rings. The van der Waals surface area contributed by atoms with Gasteiger partial charge in [0, 0.05) is 37.3 Å². The summed E-state index contributed by atoms with van der Waals surface area (Å²) in [5, 5.41) is 3.64. The van der Waals surface area contributed by atoms with E-state index in [2.05, 4.69) is 28.0 Å². The fourth-order valence-corrected chi connectivity index (χ4v) is 5.69. The third kappa shape index (κ3) is 3.12. The summed E-state index contributed by atoms with van der Waals surface area (Å²) in [6.45, 7) is 4.59. The molecule has 0 aromatic heterocycles. The van der Waals surface area contributed by atoms with Crippen LogP contribution in [0.5, 0.6) is 0 Å². The number of rotatable bonds is 2. The van der Waals surface area contributed by atoms with Crippen molar-refractivity contribution in [2.75, 3.05) is 32.5 Å². The number of nitrogen functional groups attached to an aromatic ring is 1. The summed E-state index contributed by atoms with van der Waals surface area (Å²) >= 11 is 0. The van der Waals surface area contributed by atoms with Crippen molar-refractivity contribution in [1.29, 1.82) is 0 Å². The maximum absolute atomic E-state index is 13.4. The molecule has 1 spiro atoms. The zero-order valence-corrected chi connectivity index (χ0v) is 17.7. The quantitative estimate of drug-likeness (QED) is 0.411. The van der Waals surface area contributed by atoms with Gasteiger partial charge in [0.25, 0.3) is 0 Å². The second-order valence-corrected chi connectivity index (χ2v) is 9.37. The molecule has 4 unspecified atom stereocenters. The first-order valence-electron chi connectivity index (χ1n) is 10.9. The molecule has 4 aliphatic heterocycles. The van der Waals surface area contributed by atoms with Crippen LogP contribution in [0, 0.1) is 11.3 Å². The maximum atomic E-state index is 13.4. The summed E-state index contributed by atoms with van der Waals surface area (Å²) in [4.78, 5) is 17.6. The monoisotopic (exact) mass is 415 g/mol. The molecular weight excluding hydrogens is 382 g/mol. The van der Waals surface area contributed by atoms with Gasteiger partial charge < -0.3 is 21.1 Å². The van der Waals surface area contributed by atoms with E-state index < -0.39 is 0 Å². The molecule has 5 rings (SSSR count). The highest BCUT2D eigenvalue weighted by Gasteiger charge is 2.52. The SMILES string of the molecule is C[C@@H]1OCC2(CCN(C3NC4NNC(c5cccc(N)c5)C4C(=O)N3C)CC2)[C@@H]1N. The number of hydrogen-bond acceptors (Lipinski definition) is 8. The van der Waals surface area contributed by atoms with E-state index in [4.69, 9.17) is 16.2 Å². The molecule has 164 valence electrons. The van der Waals surface area contributed by atoms with Crippen LogP contribution in [0.1, 0.15) is 31.4 Å². The number of nitrogens with two attached hydrogens (primary N) is 2. The summed E-state index contributed by atoms with van der Waals surface area (Å²) in [7, 11) is 1.89. The molecule has 0 radical (unpaired) electrons. The lowest BCUT2D eigenvalue weighted by molar-refractivity contribution is -0.151. The number of carbonyl (C=O) groups is 1. The van der Waals surface area contributed by atoms with Gasteiger partial charge in [0.2, 0.25) is 5.91 Å². The van der Waals surface area contributed by atoms with Gasteiger partial charge in [-0.1, -0.05) is 12.1 Å². The molecule has 1 aromatic carbocycles. The van der Waals surface area contributed by atoms with E-state index in [1.54, 1.807) is 0 Å². The van der Waals surface area contributed by atoms with E-state index in [0.29, 0.717) is 5.69 Å². The molecule has 4 heterocycles. The summed E-state index contributed by atoms with van der Waals surface area (Å²) in [5.41, 5.74) is 20.8. The van der Waals surface area contributed by atoms with Crippen molar-refractivity contribution in [2.24, 2.45) is 17.1 Å². The summed E-state index contributed by atoms with van der Waals surface area (Å²) < 4.78 is 5.85. The number of carbonyl (C=O) groups excluding carboxylic acids is 1. The van der Waals surface area contributed by atoms with Crippen LogP contribution in [0.2, 0.25) is 0 Å². The number of fused-ring (bicyclic) bond motifs is 1. The Labute approximate surface area is 177 Å². The van der Waals surface area contributed by atoms with Crippen molar-refractivity contribution in [2.45, 2.75) is 50.4 Å². The molecule has 30 heavy (non-hydrogen) atoms. The number of nitrogens with zero attached hydrogens (tertiary/aromatic N) is 2. The number of amides is 1. The van der Waals surface area contributed by atoms with Gasteiger partial charge in [0.1, 0.15) is 6.29 Å². The van der Waals surface area contributed by atoms with Crippen LogP contribution in [0.4, 0.5) is 5.69 Å². The van der Waals surface area contributed by atoms with Gasteiger partial charge >= 0.3 is 0 Å². The Balaban J connectivity index is 1.29. The number of nitrogens with one attached hydrogen (secondary N) is 3. The van der Waals surface area contributed by atoms with E-state index in [-0.39, 0.29) is 47.9 Å². The maximum Gasteiger partial charge on any atom is 0.232 e. The lowest BCUT2D eigenvalue weighted by Gasteiger charge is -2.49. The minimum atomic E-state index is -0.235. The Kier molecular flexibility index (Phi) is 5.00. The van der Waals surface area contributed by atoms with Crippen molar-refractivity contribution in [3.63, 3.8) is 0 Å². The van der Waals surface area contributed by atoms with Crippen LogP contribution in [-0.2, 0) is 9.53 Å². The van der Waals surface area contributed by atoms with E-state index >= 15 is 0 Å². The van der Waals surface area contributed by atoms with Gasteiger partial charge in [-0.25, -0.2) is 10.9 Å². The molecule has 9 heteroatoms. The van der Waals surface area contributed by atoms with Crippen LogP contribution < -0.4 is 27.6 Å². The van der Waals surface area contributed by atoms with Gasteiger partial charge in [-0.05, 0) is 37.5 Å². The van der Waals surface area contributed by atoms with Gasteiger partial charge in [-0.3, -0.25) is 15.0 Å². The van der Waals surface area contributed by atoms with Crippen molar-refractivity contribution >= 4 is 11.6 Å². The molecule has 4 fully saturated rings. The molecule has 0 bridgehead atoms. The summed E-state index contributed by atoms with van der Waals surface area (Å²) in [6.07, 6.45) is 1.82. The topological polar surface area (TPSA) is 121 Å². The van der Waals surface area contributed by atoms with Crippen molar-refractivity contribution < 1.29 is 9.53 Å². The van der Waals surface area contributed by atoms with E-state index in [0.717, 1.165) is 38.1 Å². The fraction of sp³-hybridized carbons (Fsp3) is 0.667. The number of benzene rings is 1. The average Bonchev–Trinajstić information content (AvgIpc) is 3.29. The van der Waals surface area contributed by atoms with Crippen molar-refractivity contribution in [3.8, 4) is 0 Å². The second kappa shape index (κ2) is 7.44. The Morgan fingerprint density at radius 2 is 2.00 bits per heavy atom. The van der Waals surface area contributed by atoms with E-state index in [9.17, 15) is 4.79 Å². The Hall–Kier alpha value is -1.75. The van der Waals surface area contributed by atoms with Gasteiger partial charge in [0.15, 0.2) is 0 Å². The van der Waals surface area contributed by atoms with Gasteiger partial charge in [-0.15, -0.1) is 0 Å². The number of hydrogen-bond donors (Lipinski definition) is 5. The minimum Gasteiger partial charge on any atom is -0.399 e. The Bertz CT molecular complexity index is 812. The second-order valence-electron chi connectivity index (χ2n) is 9.37. The van der Waals surface area contributed by atoms with Crippen LogP contribution in [0.15, 0.2) is 24.3 Å². The fourth-order valence-electron chi connectivity index (χ4n) is 5.69. The zero-order chi connectivity index (χ0) is 21.0. The molecule has 1 amide bonds. The highest BCUT2D eigenvalue weighted by Crippen LogP contribution is 2.42. The summed E-state index contributed by atoms with van der Waals surface area (Å²) in [5.74, 6) is -0.106. The molecule has 9 nitrogen and oxygen atoms in total. The third-order valence-corrected chi connectivity index (χ3v) is 7.70. The number of ether oxygens (including phenoxy) is 1. The number of hydrazine groups is 1. The smallest absolute Gasteiger partial charge is 0.232 e. The van der Waals surface area contributed by atoms with Crippen LogP contribution in [0.25, 0.3) is 0 Å². The Morgan fingerprint density at radius 1 is 1.23 bits per heavy atom. The standard InChI is InChI=1S/C21H33N7O2/c1-12-17(23)21(11-30-12)6-8-28(9-7-21)20-24-18-15(19(29)27(20)2)16(25-26-18)13-4-3-5-14(22)10-13/h3-5,10,12,15-18,20,24-26H,6-9,11,22-23H2,1-2H3/t12-,15?,16?,17+,18?,20?/m0/s1. The van der Waals surface area contributed by atoms with Crippen molar-refractivity contribution in [1.82, 2.24) is 26.0 Å². The minimum absolute atomic E-state index is 0.0706. The first kappa shape index (κ1) is 20.2. The number of anilines is 1. The predicted molar refractivity (Wildman–Crippen MR) is 113 cm³/mol. The highest BCUT2D eigenvalue weighted by atomic mass is 16.5. The van der Waals surface area contributed by atoms with Crippen molar-refractivity contribution in [3.05, 3.63) is 29.8 Å². The van der Waals surface area contributed by atoms with E-state index in [1.165, 1.54) is 0 Å². The normalized spacial score (nSPS) is 38.9. The van der Waals surface area contributed by atoms with E-state index in [1.807, 2.05) is 36.2 Å². The Morgan fingerprint density at radius 3 is 2.67 bits per heavy atom. The highest BCUT2D eigenvalue weighted by molar-refractivity contribution is 5.82. The lowest BCUT2D eigenvalue weighted by Crippen LogP contribution is -2.70. The lowest BCUT2D eigenvalue weighted by atomic mass is 9.73. The number of likely N-dealkylation sites (tertiary alicyclic amines) is 1. The first-order chi connectivity index (χ1) is 14.4. The van der Waals surface area contributed by atoms with Crippen LogP contribution in [-0.4, -0.2) is 67.1 Å². The molecule has 0 aliphatic carbocycles. The van der Waals surface area contributed by atoms with Gasteiger partial charge in [0.05, 0.1) is 30.8 Å².